The number of morpholine rings is 1. The van der Waals surface area contributed by atoms with Crippen LogP contribution in [0.5, 0.6) is 0 Å². The number of carbonyl (C=O) groups is 1. The van der Waals surface area contributed by atoms with Gasteiger partial charge in [0.1, 0.15) is 0 Å². The lowest BCUT2D eigenvalue weighted by Crippen LogP contribution is -2.51. The summed E-state index contributed by atoms with van der Waals surface area (Å²) in [5, 5.41) is 20.2. The second-order valence-corrected chi connectivity index (χ2v) is 4.61. The molecule has 0 aromatic rings. The molecule has 0 radical (unpaired) electrons. The van der Waals surface area contributed by atoms with Gasteiger partial charge >= 0.3 is 5.97 Å². The fourth-order valence-electron chi connectivity index (χ4n) is 2.38. The van der Waals surface area contributed by atoms with Gasteiger partial charge in [-0.05, 0) is 12.8 Å². The van der Waals surface area contributed by atoms with Crippen molar-refractivity contribution in [1.29, 1.82) is 0 Å². The van der Waals surface area contributed by atoms with Crippen molar-refractivity contribution in [3.63, 3.8) is 0 Å². The normalized spacial score (nSPS) is 29.4. The fraction of sp³-hybridized carbons (Fsp3) is 0.909. The lowest BCUT2D eigenvalue weighted by molar-refractivity contribution is -0.311. The van der Waals surface area contributed by atoms with Crippen LogP contribution in [0.25, 0.3) is 0 Å². The van der Waals surface area contributed by atoms with Crippen LogP contribution in [-0.4, -0.2) is 53.3 Å². The second kappa shape index (κ2) is 5.77. The molecule has 0 aromatic carbocycles. The number of hydrogen-bond donors (Lipinski definition) is 2. The molecule has 6 heteroatoms. The molecule has 2 aliphatic rings. The zero-order chi connectivity index (χ0) is 12.3. The van der Waals surface area contributed by atoms with Crippen LogP contribution in [0.15, 0.2) is 0 Å². The molecule has 2 fully saturated rings. The van der Waals surface area contributed by atoms with Gasteiger partial charge < -0.3 is 14.9 Å². The van der Waals surface area contributed by atoms with Gasteiger partial charge in [0.25, 0.3) is 0 Å². The first-order valence-electron chi connectivity index (χ1n) is 6.10. The van der Waals surface area contributed by atoms with Crippen molar-refractivity contribution < 1.29 is 24.6 Å². The maximum atomic E-state index is 11.0. The number of carboxylic acids is 1. The van der Waals surface area contributed by atoms with Gasteiger partial charge in [-0.2, -0.15) is 5.06 Å². The van der Waals surface area contributed by atoms with E-state index < -0.39 is 18.3 Å². The van der Waals surface area contributed by atoms with Crippen molar-refractivity contribution >= 4 is 5.97 Å². The van der Waals surface area contributed by atoms with Crippen molar-refractivity contribution in [2.24, 2.45) is 5.92 Å². The van der Waals surface area contributed by atoms with Crippen LogP contribution < -0.4 is 0 Å². The maximum Gasteiger partial charge on any atom is 0.325 e. The number of rotatable bonds is 4. The zero-order valence-electron chi connectivity index (χ0n) is 9.75. The highest BCUT2D eigenvalue weighted by molar-refractivity contribution is 5.73. The molecule has 2 rings (SSSR count). The predicted molar refractivity (Wildman–Crippen MR) is 58.0 cm³/mol. The highest BCUT2D eigenvalue weighted by atomic mass is 16.8. The number of ether oxygens (including phenoxy) is 1. The number of aliphatic hydroxyl groups is 1. The monoisotopic (exact) mass is 245 g/mol. The molecular weight excluding hydrogens is 226 g/mol. The zero-order valence-corrected chi connectivity index (χ0v) is 9.75. The Morgan fingerprint density at radius 1 is 1.41 bits per heavy atom. The summed E-state index contributed by atoms with van der Waals surface area (Å²) in [7, 11) is 0. The Balaban J connectivity index is 1.88. The Bertz CT molecular complexity index is 267. The Labute approximate surface area is 100 Å². The van der Waals surface area contributed by atoms with Crippen LogP contribution in [-0.2, 0) is 14.4 Å². The van der Waals surface area contributed by atoms with Gasteiger partial charge in [0.2, 0.25) is 0 Å². The highest BCUT2D eigenvalue weighted by Crippen LogP contribution is 2.29. The summed E-state index contributed by atoms with van der Waals surface area (Å²) in [6, 6.07) is -0.820. The summed E-state index contributed by atoms with van der Waals surface area (Å²) in [4.78, 5) is 16.4. The first-order valence-corrected chi connectivity index (χ1v) is 6.10. The van der Waals surface area contributed by atoms with E-state index in [-0.39, 0.29) is 12.5 Å². The van der Waals surface area contributed by atoms with Crippen molar-refractivity contribution in [2.45, 2.75) is 38.0 Å². The first kappa shape index (κ1) is 12.8. The minimum atomic E-state index is -0.983. The summed E-state index contributed by atoms with van der Waals surface area (Å²) in [5.41, 5.74) is 0. The summed E-state index contributed by atoms with van der Waals surface area (Å²) in [6.07, 6.45) is 3.22. The average molecular weight is 245 g/mol. The van der Waals surface area contributed by atoms with E-state index in [0.29, 0.717) is 13.2 Å². The number of hydrogen-bond acceptors (Lipinski definition) is 5. The van der Waals surface area contributed by atoms with Gasteiger partial charge in [-0.15, -0.1) is 0 Å². The van der Waals surface area contributed by atoms with Crippen LogP contribution in [0, 0.1) is 5.92 Å². The molecule has 0 spiro atoms. The fourth-order valence-corrected chi connectivity index (χ4v) is 2.38. The Morgan fingerprint density at radius 3 is 2.76 bits per heavy atom. The third kappa shape index (κ3) is 3.16. The van der Waals surface area contributed by atoms with Gasteiger partial charge in [0.15, 0.2) is 12.3 Å². The molecular formula is C11H19NO5. The van der Waals surface area contributed by atoms with E-state index in [1.54, 1.807) is 0 Å². The van der Waals surface area contributed by atoms with Crippen LogP contribution in [0.2, 0.25) is 0 Å². The van der Waals surface area contributed by atoms with Gasteiger partial charge in [-0.3, -0.25) is 9.63 Å². The molecule has 0 unspecified atom stereocenters. The topological polar surface area (TPSA) is 79.2 Å². The number of aliphatic carboxylic acids is 1. The van der Waals surface area contributed by atoms with E-state index in [1.807, 2.05) is 0 Å². The Morgan fingerprint density at radius 2 is 2.12 bits per heavy atom. The van der Waals surface area contributed by atoms with E-state index in [0.717, 1.165) is 25.7 Å². The SMILES string of the molecule is O=C(O)[C@H]1COCCN1O[C@H](O)C1CCCC1. The predicted octanol–water partition coefficient (Wildman–Crippen LogP) is 0.212. The Hall–Kier alpha value is -0.690. The lowest BCUT2D eigenvalue weighted by atomic mass is 10.1. The van der Waals surface area contributed by atoms with Crippen LogP contribution in [0.3, 0.4) is 0 Å². The Kier molecular flexibility index (Phi) is 4.33. The smallest absolute Gasteiger partial charge is 0.325 e. The minimum absolute atomic E-state index is 0.104. The van der Waals surface area contributed by atoms with Crippen LogP contribution in [0.1, 0.15) is 25.7 Å². The largest absolute Gasteiger partial charge is 0.480 e. The highest BCUT2D eigenvalue weighted by Gasteiger charge is 2.34. The summed E-state index contributed by atoms with van der Waals surface area (Å²) >= 11 is 0. The lowest BCUT2D eigenvalue weighted by Gasteiger charge is -2.34. The van der Waals surface area contributed by atoms with Gasteiger partial charge in [-0.1, -0.05) is 12.8 Å². The molecule has 0 amide bonds. The van der Waals surface area contributed by atoms with E-state index in [4.69, 9.17) is 14.7 Å². The number of carboxylic acid groups (broad SMARTS) is 1. The van der Waals surface area contributed by atoms with E-state index in [9.17, 15) is 9.90 Å². The third-order valence-corrected chi connectivity index (χ3v) is 3.41. The quantitative estimate of drug-likeness (QED) is 0.689. The van der Waals surface area contributed by atoms with E-state index in [2.05, 4.69) is 0 Å². The average Bonchev–Trinajstić information content (AvgIpc) is 2.83. The summed E-state index contributed by atoms with van der Waals surface area (Å²) in [5.74, 6) is -0.851. The van der Waals surface area contributed by atoms with E-state index in [1.165, 1.54) is 5.06 Å². The third-order valence-electron chi connectivity index (χ3n) is 3.41. The van der Waals surface area contributed by atoms with Crippen LogP contribution >= 0.6 is 0 Å². The molecule has 2 atom stereocenters. The molecule has 2 N–H and O–H groups in total. The molecule has 6 nitrogen and oxygen atoms in total. The molecule has 1 saturated heterocycles. The van der Waals surface area contributed by atoms with Crippen molar-refractivity contribution in [2.75, 3.05) is 19.8 Å². The van der Waals surface area contributed by atoms with Gasteiger partial charge in [0.05, 0.1) is 13.2 Å². The molecule has 1 aliphatic heterocycles. The van der Waals surface area contributed by atoms with Crippen LogP contribution in [0.4, 0.5) is 0 Å². The molecule has 0 bridgehead atoms. The van der Waals surface area contributed by atoms with Gasteiger partial charge in [-0.25, -0.2) is 0 Å². The van der Waals surface area contributed by atoms with Crippen molar-refractivity contribution in [1.82, 2.24) is 5.06 Å². The molecule has 98 valence electrons. The molecule has 1 saturated carbocycles. The van der Waals surface area contributed by atoms with E-state index >= 15 is 0 Å². The molecule has 1 aliphatic carbocycles. The molecule has 17 heavy (non-hydrogen) atoms. The summed E-state index contributed by atoms with van der Waals surface area (Å²) < 4.78 is 5.10. The second-order valence-electron chi connectivity index (χ2n) is 4.61. The number of nitrogens with zero attached hydrogens (tertiary/aromatic N) is 1. The number of aliphatic hydroxyl groups excluding tert-OH is 1. The summed E-state index contributed by atoms with van der Waals surface area (Å²) in [6.45, 7) is 0.911. The maximum absolute atomic E-state index is 11.0. The first-order chi connectivity index (χ1) is 8.18. The number of hydroxylamine groups is 2. The van der Waals surface area contributed by atoms with Crippen molar-refractivity contribution in [3.05, 3.63) is 0 Å². The van der Waals surface area contributed by atoms with Crippen molar-refractivity contribution in [3.8, 4) is 0 Å². The van der Waals surface area contributed by atoms with Gasteiger partial charge in [0, 0.05) is 12.5 Å². The minimum Gasteiger partial charge on any atom is -0.480 e. The molecule has 0 aromatic heterocycles. The standard InChI is InChI=1S/C11H19NO5/c13-10(14)9-7-16-6-5-12(9)17-11(15)8-3-1-2-4-8/h8-9,11,15H,1-7H2,(H,13,14)/t9-,11+/m1/s1. The molecule has 1 heterocycles.